The molecule has 0 bridgehead atoms. The predicted octanol–water partition coefficient (Wildman–Crippen LogP) is 1.48. The van der Waals surface area contributed by atoms with Crippen LogP contribution in [0.1, 0.15) is 19.3 Å². The van der Waals surface area contributed by atoms with Crippen molar-refractivity contribution in [2.24, 2.45) is 0 Å². The molecular weight excluding hydrogens is 206 g/mol. The van der Waals surface area contributed by atoms with E-state index >= 15 is 0 Å². The lowest BCUT2D eigenvalue weighted by atomic mass is 10.2. The third kappa shape index (κ3) is 8.30. The average molecular weight is 224 g/mol. The zero-order chi connectivity index (χ0) is 8.53. The molecule has 0 aromatic rings. The molecule has 0 unspecified atom stereocenters. The molecule has 0 spiro atoms. The third-order valence-electron chi connectivity index (χ3n) is 1.66. The van der Waals surface area contributed by atoms with Crippen LogP contribution in [0.4, 0.5) is 0 Å². The maximum absolute atomic E-state index is 8.59. The van der Waals surface area contributed by atoms with E-state index < -0.39 is 0 Å². The van der Waals surface area contributed by atoms with Gasteiger partial charge in [-0.15, -0.1) is 0 Å². The van der Waals surface area contributed by atoms with Crippen molar-refractivity contribution in [1.29, 1.82) is 0 Å². The van der Waals surface area contributed by atoms with Crippen molar-refractivity contribution >= 4 is 15.9 Å². The van der Waals surface area contributed by atoms with Gasteiger partial charge < -0.3 is 10.0 Å². The molecule has 3 heteroatoms. The number of aliphatic hydroxyl groups excluding tert-OH is 1. The molecule has 0 aliphatic heterocycles. The summed E-state index contributed by atoms with van der Waals surface area (Å²) in [6.45, 7) is 2.18. The number of hydrogen-bond acceptors (Lipinski definition) is 2. The van der Waals surface area contributed by atoms with Gasteiger partial charge in [0, 0.05) is 11.9 Å². The van der Waals surface area contributed by atoms with E-state index in [-0.39, 0.29) is 6.61 Å². The fourth-order valence-corrected chi connectivity index (χ4v) is 1.33. The molecule has 0 aromatic heterocycles. The van der Waals surface area contributed by atoms with Crippen molar-refractivity contribution in [1.82, 2.24) is 4.90 Å². The summed E-state index contributed by atoms with van der Waals surface area (Å²) in [6.07, 6.45) is 3.77. The van der Waals surface area contributed by atoms with E-state index in [4.69, 9.17) is 5.11 Å². The van der Waals surface area contributed by atoms with Gasteiger partial charge in [0.1, 0.15) is 0 Å². The Balaban J connectivity index is 2.97. The molecule has 1 N–H and O–H groups in total. The van der Waals surface area contributed by atoms with Gasteiger partial charge in [-0.2, -0.15) is 0 Å². The van der Waals surface area contributed by atoms with Crippen LogP contribution in [-0.4, -0.2) is 42.1 Å². The molecule has 0 saturated carbocycles. The quantitative estimate of drug-likeness (QED) is 0.523. The Bertz CT molecular complexity index is 80.5. The van der Waals surface area contributed by atoms with Crippen LogP contribution >= 0.6 is 15.9 Å². The summed E-state index contributed by atoms with van der Waals surface area (Å²) in [5.41, 5.74) is 0. The molecule has 0 fully saturated rings. The monoisotopic (exact) mass is 223 g/mol. The van der Waals surface area contributed by atoms with Crippen molar-refractivity contribution < 1.29 is 5.11 Å². The van der Waals surface area contributed by atoms with Crippen LogP contribution in [0, 0.1) is 0 Å². The molecule has 0 aliphatic rings. The second-order valence-corrected chi connectivity index (χ2v) is 3.57. The number of aliphatic hydroxyl groups is 1. The number of rotatable bonds is 7. The number of nitrogens with zero attached hydrogens (tertiary/aromatic N) is 1. The zero-order valence-electron chi connectivity index (χ0n) is 7.22. The van der Waals surface area contributed by atoms with Crippen molar-refractivity contribution in [3.8, 4) is 0 Å². The lowest BCUT2D eigenvalue weighted by molar-refractivity contribution is 0.219. The Morgan fingerprint density at radius 3 is 2.45 bits per heavy atom. The molecule has 0 heterocycles. The first kappa shape index (κ1) is 11.4. The third-order valence-corrected chi connectivity index (χ3v) is 2.22. The molecule has 0 radical (unpaired) electrons. The average Bonchev–Trinajstić information content (AvgIpc) is 1.99. The highest BCUT2D eigenvalue weighted by molar-refractivity contribution is 9.09. The number of hydrogen-bond donors (Lipinski definition) is 1. The van der Waals surface area contributed by atoms with E-state index in [9.17, 15) is 0 Å². The van der Waals surface area contributed by atoms with Crippen molar-refractivity contribution in [2.45, 2.75) is 19.3 Å². The van der Waals surface area contributed by atoms with E-state index in [0.717, 1.165) is 18.4 Å². The number of unbranched alkanes of at least 4 members (excludes halogenated alkanes) is 2. The van der Waals surface area contributed by atoms with Crippen LogP contribution in [0.5, 0.6) is 0 Å². The van der Waals surface area contributed by atoms with Gasteiger partial charge in [-0.1, -0.05) is 22.4 Å². The van der Waals surface area contributed by atoms with Crippen LogP contribution in [0.15, 0.2) is 0 Å². The Hall–Kier alpha value is 0.400. The lowest BCUT2D eigenvalue weighted by Crippen LogP contribution is -2.23. The van der Waals surface area contributed by atoms with Gasteiger partial charge in [0.25, 0.3) is 0 Å². The fraction of sp³-hybridized carbons (Fsp3) is 1.00. The molecule has 0 rings (SSSR count). The topological polar surface area (TPSA) is 23.5 Å². The largest absolute Gasteiger partial charge is 0.395 e. The van der Waals surface area contributed by atoms with Crippen LogP contribution < -0.4 is 0 Å². The van der Waals surface area contributed by atoms with Crippen molar-refractivity contribution in [2.75, 3.05) is 32.1 Å². The van der Waals surface area contributed by atoms with Crippen molar-refractivity contribution in [3.05, 3.63) is 0 Å². The Morgan fingerprint density at radius 1 is 1.18 bits per heavy atom. The highest BCUT2D eigenvalue weighted by atomic mass is 79.9. The first-order valence-electron chi connectivity index (χ1n) is 4.16. The van der Waals surface area contributed by atoms with Gasteiger partial charge >= 0.3 is 0 Å². The number of alkyl halides is 1. The summed E-state index contributed by atoms with van der Waals surface area (Å²) in [6, 6.07) is 0. The van der Waals surface area contributed by atoms with Crippen LogP contribution in [0.2, 0.25) is 0 Å². The summed E-state index contributed by atoms with van der Waals surface area (Å²) >= 11 is 3.39. The molecule has 0 aliphatic carbocycles. The van der Waals surface area contributed by atoms with E-state index in [1.54, 1.807) is 0 Å². The van der Waals surface area contributed by atoms with Gasteiger partial charge in [-0.3, -0.25) is 0 Å². The Labute approximate surface area is 77.7 Å². The molecule has 68 valence electrons. The Kier molecular flexibility index (Phi) is 8.81. The minimum Gasteiger partial charge on any atom is -0.395 e. The highest BCUT2D eigenvalue weighted by Gasteiger charge is 1.95. The van der Waals surface area contributed by atoms with Gasteiger partial charge in [-0.25, -0.2) is 0 Å². The minimum absolute atomic E-state index is 0.273. The summed E-state index contributed by atoms with van der Waals surface area (Å²) in [5.74, 6) is 0. The molecular formula is C8H18BrNO. The molecule has 0 amide bonds. The lowest BCUT2D eigenvalue weighted by Gasteiger charge is -2.13. The van der Waals surface area contributed by atoms with E-state index in [1.165, 1.54) is 19.3 Å². The van der Waals surface area contributed by atoms with Gasteiger partial charge in [0.2, 0.25) is 0 Å². The molecule has 11 heavy (non-hydrogen) atoms. The second-order valence-electron chi connectivity index (χ2n) is 2.78. The summed E-state index contributed by atoms with van der Waals surface area (Å²) in [5, 5.41) is 9.70. The van der Waals surface area contributed by atoms with E-state index in [2.05, 4.69) is 20.8 Å². The van der Waals surface area contributed by atoms with E-state index in [1.807, 2.05) is 7.05 Å². The number of likely N-dealkylation sites (N-methyl/N-ethyl adjacent to an activating group) is 1. The normalized spacial score (nSPS) is 10.9. The molecule has 0 atom stereocenters. The van der Waals surface area contributed by atoms with Crippen LogP contribution in [0.25, 0.3) is 0 Å². The molecule has 2 nitrogen and oxygen atoms in total. The minimum atomic E-state index is 0.273. The number of halogens is 1. The van der Waals surface area contributed by atoms with Gasteiger partial charge in [0.05, 0.1) is 6.61 Å². The first-order valence-corrected chi connectivity index (χ1v) is 5.28. The summed E-state index contributed by atoms with van der Waals surface area (Å²) in [4.78, 5) is 2.16. The zero-order valence-corrected chi connectivity index (χ0v) is 8.81. The van der Waals surface area contributed by atoms with Crippen LogP contribution in [-0.2, 0) is 0 Å². The standard InChI is InChI=1S/C8H18BrNO/c1-10(7-8-11)6-4-2-3-5-9/h11H,2-8H2,1H3. The summed E-state index contributed by atoms with van der Waals surface area (Å²) in [7, 11) is 2.05. The fourth-order valence-electron chi connectivity index (χ4n) is 0.936. The molecule has 0 saturated heterocycles. The predicted molar refractivity (Wildman–Crippen MR) is 52.2 cm³/mol. The van der Waals surface area contributed by atoms with Crippen molar-refractivity contribution in [3.63, 3.8) is 0 Å². The first-order chi connectivity index (χ1) is 5.31. The Morgan fingerprint density at radius 2 is 1.91 bits per heavy atom. The SMILES string of the molecule is CN(CCO)CCCCCBr. The second kappa shape index (κ2) is 8.50. The summed E-state index contributed by atoms with van der Waals surface area (Å²) < 4.78 is 0. The smallest absolute Gasteiger partial charge is 0.0558 e. The maximum Gasteiger partial charge on any atom is 0.0558 e. The van der Waals surface area contributed by atoms with Gasteiger partial charge in [-0.05, 0) is 26.4 Å². The van der Waals surface area contributed by atoms with Crippen LogP contribution in [0.3, 0.4) is 0 Å². The maximum atomic E-state index is 8.59. The van der Waals surface area contributed by atoms with E-state index in [0.29, 0.717) is 0 Å². The van der Waals surface area contributed by atoms with Gasteiger partial charge in [0.15, 0.2) is 0 Å². The highest BCUT2D eigenvalue weighted by Crippen LogP contribution is 1.99. The molecule has 0 aromatic carbocycles.